The molecule has 5 heteroatoms. The molecule has 5 nitrogen and oxygen atoms in total. The van der Waals surface area contributed by atoms with Crippen LogP contribution in [0.5, 0.6) is 11.5 Å². The molecule has 20 heavy (non-hydrogen) atoms. The number of phenols is 1. The summed E-state index contributed by atoms with van der Waals surface area (Å²) in [6.07, 6.45) is 1.83. The van der Waals surface area contributed by atoms with Gasteiger partial charge in [-0.1, -0.05) is 6.92 Å². The minimum Gasteiger partial charge on any atom is -0.508 e. The Kier molecular flexibility index (Phi) is 4.71. The van der Waals surface area contributed by atoms with Crippen molar-refractivity contribution in [3.8, 4) is 11.5 Å². The van der Waals surface area contributed by atoms with Gasteiger partial charge in [0.05, 0.1) is 0 Å². The lowest BCUT2D eigenvalue weighted by Gasteiger charge is -2.32. The topological polar surface area (TPSA) is 61.8 Å². The molecule has 0 radical (unpaired) electrons. The van der Waals surface area contributed by atoms with E-state index >= 15 is 0 Å². The van der Waals surface area contributed by atoms with Crippen molar-refractivity contribution >= 4 is 6.03 Å². The maximum absolute atomic E-state index is 12.1. The molecular formula is C15H22N2O3. The molecule has 2 unspecified atom stereocenters. The van der Waals surface area contributed by atoms with Crippen molar-refractivity contribution in [2.75, 3.05) is 13.1 Å². The molecule has 2 N–H and O–H groups in total. The fraction of sp³-hybridized carbons (Fsp3) is 0.533. The first-order chi connectivity index (χ1) is 9.54. The number of nitrogens with one attached hydrogen (secondary N) is 1. The normalized spacial score (nSPS) is 20.3. The maximum Gasteiger partial charge on any atom is 0.320 e. The lowest BCUT2D eigenvalue weighted by atomic mass is 10.0. The summed E-state index contributed by atoms with van der Waals surface area (Å²) >= 11 is 0. The molecule has 0 bridgehead atoms. The number of aromatic hydroxyl groups is 1. The summed E-state index contributed by atoms with van der Waals surface area (Å²) in [5, 5.41) is 12.0. The quantitative estimate of drug-likeness (QED) is 0.835. The van der Waals surface area contributed by atoms with Crippen LogP contribution in [0, 0.1) is 5.92 Å². The highest BCUT2D eigenvalue weighted by molar-refractivity contribution is 5.74. The third-order valence-corrected chi connectivity index (χ3v) is 3.42. The number of nitrogens with zero attached hydrogens (tertiary/aromatic N) is 1. The van der Waals surface area contributed by atoms with Gasteiger partial charge in [-0.15, -0.1) is 0 Å². The first-order valence-electron chi connectivity index (χ1n) is 7.05. The van der Waals surface area contributed by atoms with Crippen LogP contribution < -0.4 is 10.1 Å². The van der Waals surface area contributed by atoms with Gasteiger partial charge in [-0.2, -0.15) is 0 Å². The highest BCUT2D eigenvalue weighted by atomic mass is 16.5. The van der Waals surface area contributed by atoms with Crippen LogP contribution in [0.15, 0.2) is 24.3 Å². The van der Waals surface area contributed by atoms with Crippen LogP contribution in [0.4, 0.5) is 4.79 Å². The van der Waals surface area contributed by atoms with Crippen LogP contribution in [-0.4, -0.2) is 35.4 Å². The molecule has 1 aliphatic heterocycles. The van der Waals surface area contributed by atoms with Crippen LogP contribution in [0.25, 0.3) is 0 Å². The molecule has 1 fully saturated rings. The number of carbonyl (C=O) groups excluding carboxylic acids is 1. The summed E-state index contributed by atoms with van der Waals surface area (Å²) < 4.78 is 5.59. The lowest BCUT2D eigenvalue weighted by molar-refractivity contribution is 0.137. The van der Waals surface area contributed by atoms with E-state index in [-0.39, 0.29) is 11.8 Å². The first kappa shape index (κ1) is 14.5. The van der Waals surface area contributed by atoms with Gasteiger partial charge in [0.25, 0.3) is 0 Å². The highest BCUT2D eigenvalue weighted by Crippen LogP contribution is 2.17. The number of urea groups is 1. The Morgan fingerprint density at radius 2 is 2.15 bits per heavy atom. The average Bonchev–Trinajstić information content (AvgIpc) is 2.41. The number of ether oxygens (including phenoxy) is 1. The van der Waals surface area contributed by atoms with Crippen molar-refractivity contribution < 1.29 is 14.6 Å². The van der Waals surface area contributed by atoms with E-state index in [1.807, 2.05) is 4.90 Å². The average molecular weight is 278 g/mol. The molecule has 0 saturated carbocycles. The smallest absolute Gasteiger partial charge is 0.320 e. The zero-order valence-electron chi connectivity index (χ0n) is 12.0. The van der Waals surface area contributed by atoms with Crippen LogP contribution in [-0.2, 0) is 0 Å². The van der Waals surface area contributed by atoms with E-state index in [9.17, 15) is 9.90 Å². The molecule has 1 aromatic rings. The van der Waals surface area contributed by atoms with Crippen LogP contribution in [0.3, 0.4) is 0 Å². The lowest BCUT2D eigenvalue weighted by Crippen LogP contribution is -2.49. The Balaban J connectivity index is 1.82. The number of piperidine rings is 1. The summed E-state index contributed by atoms with van der Waals surface area (Å²) in [7, 11) is 0. The molecule has 2 amide bonds. The standard InChI is InChI=1S/C15H22N2O3/c1-11-4-3-9-17(10-11)15(19)16-12(2)20-14-7-5-13(18)6-8-14/h5-8,11-12,18H,3-4,9-10H2,1-2H3,(H,16,19). The number of benzene rings is 1. The van der Waals surface area contributed by atoms with Crippen molar-refractivity contribution in [1.29, 1.82) is 0 Å². The third kappa shape index (κ3) is 4.05. The van der Waals surface area contributed by atoms with Gasteiger partial charge in [0.2, 0.25) is 0 Å². The van der Waals surface area contributed by atoms with Gasteiger partial charge in [0.1, 0.15) is 11.5 Å². The molecular weight excluding hydrogens is 256 g/mol. The minimum atomic E-state index is -0.413. The second-order valence-electron chi connectivity index (χ2n) is 5.40. The van der Waals surface area contributed by atoms with E-state index in [4.69, 9.17) is 4.74 Å². The molecule has 0 aliphatic carbocycles. The van der Waals surface area contributed by atoms with Gasteiger partial charge in [-0.3, -0.25) is 0 Å². The fourth-order valence-electron chi connectivity index (χ4n) is 2.40. The van der Waals surface area contributed by atoms with E-state index < -0.39 is 6.23 Å². The molecule has 1 heterocycles. The molecule has 0 spiro atoms. The number of phenolic OH excluding ortho intramolecular Hbond substituents is 1. The monoisotopic (exact) mass is 278 g/mol. The third-order valence-electron chi connectivity index (χ3n) is 3.42. The van der Waals surface area contributed by atoms with E-state index in [0.29, 0.717) is 11.7 Å². The number of rotatable bonds is 3. The van der Waals surface area contributed by atoms with Crippen LogP contribution in [0.2, 0.25) is 0 Å². The van der Waals surface area contributed by atoms with Gasteiger partial charge < -0.3 is 20.1 Å². The Hall–Kier alpha value is -1.91. The predicted molar refractivity (Wildman–Crippen MR) is 76.7 cm³/mol. The Labute approximate surface area is 119 Å². The second kappa shape index (κ2) is 6.50. The number of amides is 2. The maximum atomic E-state index is 12.1. The highest BCUT2D eigenvalue weighted by Gasteiger charge is 2.22. The Morgan fingerprint density at radius 3 is 2.80 bits per heavy atom. The molecule has 1 aliphatic rings. The Morgan fingerprint density at radius 1 is 1.45 bits per heavy atom. The second-order valence-corrected chi connectivity index (χ2v) is 5.40. The molecule has 2 rings (SSSR count). The SMILES string of the molecule is CC1CCCN(C(=O)NC(C)Oc2ccc(O)cc2)C1. The summed E-state index contributed by atoms with van der Waals surface area (Å²) in [5.41, 5.74) is 0. The fourth-order valence-corrected chi connectivity index (χ4v) is 2.40. The molecule has 1 aromatic carbocycles. The largest absolute Gasteiger partial charge is 0.508 e. The first-order valence-corrected chi connectivity index (χ1v) is 7.05. The van der Waals surface area contributed by atoms with Gasteiger partial charge in [-0.05, 0) is 49.9 Å². The summed E-state index contributed by atoms with van der Waals surface area (Å²) in [6, 6.07) is 6.36. The van der Waals surface area contributed by atoms with Gasteiger partial charge >= 0.3 is 6.03 Å². The number of hydrogen-bond donors (Lipinski definition) is 2. The van der Waals surface area contributed by atoms with Crippen LogP contribution in [0.1, 0.15) is 26.7 Å². The molecule has 2 atom stereocenters. The minimum absolute atomic E-state index is 0.0807. The van der Waals surface area contributed by atoms with Crippen molar-refractivity contribution in [3.05, 3.63) is 24.3 Å². The van der Waals surface area contributed by atoms with E-state index in [2.05, 4.69) is 12.2 Å². The molecule has 1 saturated heterocycles. The van der Waals surface area contributed by atoms with Crippen molar-refractivity contribution in [1.82, 2.24) is 10.2 Å². The number of hydrogen-bond acceptors (Lipinski definition) is 3. The number of likely N-dealkylation sites (tertiary alicyclic amines) is 1. The predicted octanol–water partition coefficient (Wildman–Crippen LogP) is 2.56. The molecule has 0 aromatic heterocycles. The van der Waals surface area contributed by atoms with E-state index in [1.165, 1.54) is 6.42 Å². The van der Waals surface area contributed by atoms with E-state index in [1.54, 1.807) is 31.2 Å². The van der Waals surface area contributed by atoms with Crippen LogP contribution >= 0.6 is 0 Å². The summed E-state index contributed by atoms with van der Waals surface area (Å²) in [6.45, 7) is 5.56. The number of carbonyl (C=O) groups is 1. The summed E-state index contributed by atoms with van der Waals surface area (Å²) in [4.78, 5) is 13.9. The van der Waals surface area contributed by atoms with Crippen molar-refractivity contribution in [3.63, 3.8) is 0 Å². The van der Waals surface area contributed by atoms with Crippen molar-refractivity contribution in [2.24, 2.45) is 5.92 Å². The van der Waals surface area contributed by atoms with Gasteiger partial charge in [0, 0.05) is 13.1 Å². The zero-order chi connectivity index (χ0) is 14.5. The Bertz CT molecular complexity index is 447. The molecule has 110 valence electrons. The summed E-state index contributed by atoms with van der Waals surface area (Å²) in [5.74, 6) is 1.36. The van der Waals surface area contributed by atoms with Gasteiger partial charge in [-0.25, -0.2) is 4.79 Å². The zero-order valence-corrected chi connectivity index (χ0v) is 12.0. The van der Waals surface area contributed by atoms with E-state index in [0.717, 1.165) is 19.5 Å². The van der Waals surface area contributed by atoms with Crippen molar-refractivity contribution in [2.45, 2.75) is 32.9 Å². The van der Waals surface area contributed by atoms with Gasteiger partial charge in [0.15, 0.2) is 6.23 Å².